The van der Waals surface area contributed by atoms with Crippen LogP contribution in [0.4, 0.5) is 0 Å². The Morgan fingerprint density at radius 2 is 1.85 bits per heavy atom. The number of imidazole rings is 1. The average Bonchev–Trinajstić information content (AvgIpc) is 2.87. The predicted octanol–water partition coefficient (Wildman–Crippen LogP) is 1.06. The van der Waals surface area contributed by atoms with Gasteiger partial charge in [-0.3, -0.25) is 0 Å². The van der Waals surface area contributed by atoms with Gasteiger partial charge in [-0.05, 0) is 0 Å². The molecule has 0 saturated heterocycles. The number of ether oxygens (including phenoxy) is 3. The van der Waals surface area contributed by atoms with E-state index in [-0.39, 0.29) is 0 Å². The lowest BCUT2D eigenvalue weighted by Gasteiger charge is -2.06. The van der Waals surface area contributed by atoms with Crippen LogP contribution in [0.25, 0.3) is 0 Å². The molecule has 0 radical (unpaired) electrons. The zero-order chi connectivity index (χ0) is 14.6. The molecule has 0 aliphatic heterocycles. The molecule has 0 aliphatic carbocycles. The molecule has 1 N–H and O–H groups in total. The standard InChI is InChI=1S/C14H27N3O3/c1-13(2)15-10-14-11-17(12-16-14)4-5-19-8-9-20-7-6-18-3/h11-13,15H,4-10H2,1-3H3. The summed E-state index contributed by atoms with van der Waals surface area (Å²) >= 11 is 0. The molecule has 6 heteroatoms. The van der Waals surface area contributed by atoms with Crippen LogP contribution >= 0.6 is 0 Å². The van der Waals surface area contributed by atoms with Crippen LogP contribution in [0, 0.1) is 0 Å². The second-order valence-corrected chi connectivity index (χ2v) is 4.86. The number of nitrogens with one attached hydrogen (secondary N) is 1. The van der Waals surface area contributed by atoms with Crippen LogP contribution in [0.5, 0.6) is 0 Å². The first-order chi connectivity index (χ1) is 9.72. The molecule has 0 fully saturated rings. The molecule has 0 atom stereocenters. The molecule has 20 heavy (non-hydrogen) atoms. The molecule has 0 aliphatic rings. The topological polar surface area (TPSA) is 57.5 Å². The summed E-state index contributed by atoms with van der Waals surface area (Å²) in [5.41, 5.74) is 1.06. The monoisotopic (exact) mass is 285 g/mol. The first-order valence-corrected chi connectivity index (χ1v) is 7.11. The highest BCUT2D eigenvalue weighted by molar-refractivity contribution is 4.96. The fourth-order valence-corrected chi connectivity index (χ4v) is 1.56. The number of hydrogen-bond donors (Lipinski definition) is 1. The molecule has 0 bridgehead atoms. The van der Waals surface area contributed by atoms with Gasteiger partial charge in [0.05, 0.1) is 45.1 Å². The van der Waals surface area contributed by atoms with E-state index in [1.807, 2.05) is 17.1 Å². The number of methoxy groups -OCH3 is 1. The lowest BCUT2D eigenvalue weighted by Crippen LogP contribution is -2.21. The molecule has 1 rings (SSSR count). The summed E-state index contributed by atoms with van der Waals surface area (Å²) < 4.78 is 17.7. The quantitative estimate of drug-likeness (QED) is 0.582. The third-order valence-corrected chi connectivity index (χ3v) is 2.68. The largest absolute Gasteiger partial charge is 0.382 e. The molecule has 1 aromatic heterocycles. The maximum absolute atomic E-state index is 5.50. The number of hydrogen-bond acceptors (Lipinski definition) is 5. The van der Waals surface area contributed by atoms with Crippen LogP contribution in [0.15, 0.2) is 12.5 Å². The summed E-state index contributed by atoms with van der Waals surface area (Å²) in [5.74, 6) is 0. The Morgan fingerprint density at radius 3 is 2.55 bits per heavy atom. The Bertz CT molecular complexity index is 342. The van der Waals surface area contributed by atoms with Crippen LogP contribution < -0.4 is 5.32 Å². The van der Waals surface area contributed by atoms with Crippen molar-refractivity contribution in [2.45, 2.75) is 33.0 Å². The average molecular weight is 285 g/mol. The molecule has 0 amide bonds. The first kappa shape index (κ1) is 17.1. The van der Waals surface area contributed by atoms with Gasteiger partial charge in [0.2, 0.25) is 0 Å². The maximum Gasteiger partial charge on any atom is 0.0950 e. The van der Waals surface area contributed by atoms with Crippen molar-refractivity contribution in [2.75, 3.05) is 40.1 Å². The van der Waals surface area contributed by atoms with E-state index in [1.165, 1.54) is 0 Å². The van der Waals surface area contributed by atoms with Gasteiger partial charge < -0.3 is 24.1 Å². The van der Waals surface area contributed by atoms with Crippen molar-refractivity contribution < 1.29 is 14.2 Å². The SMILES string of the molecule is COCCOCCOCCn1cnc(CNC(C)C)c1. The van der Waals surface area contributed by atoms with E-state index in [9.17, 15) is 0 Å². The maximum atomic E-state index is 5.50. The van der Waals surface area contributed by atoms with E-state index in [0.29, 0.717) is 39.1 Å². The highest BCUT2D eigenvalue weighted by atomic mass is 16.5. The molecule has 0 saturated carbocycles. The Labute approximate surface area is 121 Å². The van der Waals surface area contributed by atoms with Gasteiger partial charge in [0.25, 0.3) is 0 Å². The third kappa shape index (κ3) is 8.27. The molecule has 116 valence electrons. The van der Waals surface area contributed by atoms with Crippen LogP contribution in [0.3, 0.4) is 0 Å². The second kappa shape index (κ2) is 10.8. The summed E-state index contributed by atoms with van der Waals surface area (Å²) in [7, 11) is 1.66. The van der Waals surface area contributed by atoms with Crippen molar-refractivity contribution in [3.05, 3.63) is 18.2 Å². The number of aromatic nitrogens is 2. The lowest BCUT2D eigenvalue weighted by molar-refractivity contribution is 0.0230. The van der Waals surface area contributed by atoms with Crippen molar-refractivity contribution in [3.63, 3.8) is 0 Å². The van der Waals surface area contributed by atoms with Gasteiger partial charge in [0, 0.05) is 32.4 Å². The minimum Gasteiger partial charge on any atom is -0.382 e. The van der Waals surface area contributed by atoms with E-state index < -0.39 is 0 Å². The van der Waals surface area contributed by atoms with Crippen molar-refractivity contribution in [1.29, 1.82) is 0 Å². The van der Waals surface area contributed by atoms with Gasteiger partial charge >= 0.3 is 0 Å². The van der Waals surface area contributed by atoms with Crippen molar-refractivity contribution in [3.8, 4) is 0 Å². The van der Waals surface area contributed by atoms with Crippen molar-refractivity contribution >= 4 is 0 Å². The molecule has 0 aromatic carbocycles. The van der Waals surface area contributed by atoms with Crippen LogP contribution in [0.2, 0.25) is 0 Å². The highest BCUT2D eigenvalue weighted by Gasteiger charge is 2.00. The van der Waals surface area contributed by atoms with E-state index in [2.05, 4.69) is 24.1 Å². The molecular formula is C14H27N3O3. The minimum absolute atomic E-state index is 0.474. The summed E-state index contributed by atoms with van der Waals surface area (Å²) in [6.45, 7) is 9.00. The van der Waals surface area contributed by atoms with E-state index in [4.69, 9.17) is 14.2 Å². The van der Waals surface area contributed by atoms with Gasteiger partial charge in [-0.25, -0.2) is 4.98 Å². The number of rotatable bonds is 12. The molecular weight excluding hydrogens is 258 g/mol. The van der Waals surface area contributed by atoms with Gasteiger partial charge in [-0.2, -0.15) is 0 Å². The number of nitrogens with zero attached hydrogens (tertiary/aromatic N) is 2. The van der Waals surface area contributed by atoms with Crippen LogP contribution in [-0.4, -0.2) is 55.7 Å². The highest BCUT2D eigenvalue weighted by Crippen LogP contribution is 1.97. The molecule has 1 aromatic rings. The fraction of sp³-hybridized carbons (Fsp3) is 0.786. The molecule has 0 spiro atoms. The summed E-state index contributed by atoms with van der Waals surface area (Å²) in [4.78, 5) is 4.34. The zero-order valence-electron chi connectivity index (χ0n) is 12.8. The summed E-state index contributed by atoms with van der Waals surface area (Å²) in [6.07, 6.45) is 3.89. The van der Waals surface area contributed by atoms with E-state index in [1.54, 1.807) is 7.11 Å². The third-order valence-electron chi connectivity index (χ3n) is 2.68. The van der Waals surface area contributed by atoms with Gasteiger partial charge in [0.15, 0.2) is 0 Å². The molecule has 6 nitrogen and oxygen atoms in total. The fourth-order valence-electron chi connectivity index (χ4n) is 1.56. The van der Waals surface area contributed by atoms with Gasteiger partial charge in [-0.1, -0.05) is 13.8 Å². The Hall–Kier alpha value is -0.950. The zero-order valence-corrected chi connectivity index (χ0v) is 12.8. The van der Waals surface area contributed by atoms with Gasteiger partial charge in [-0.15, -0.1) is 0 Å². The normalized spacial score (nSPS) is 11.4. The Kier molecular flexibility index (Phi) is 9.23. The lowest BCUT2D eigenvalue weighted by atomic mass is 10.3. The molecule has 1 heterocycles. The van der Waals surface area contributed by atoms with Crippen molar-refractivity contribution in [2.24, 2.45) is 0 Å². The van der Waals surface area contributed by atoms with Crippen LogP contribution in [0.1, 0.15) is 19.5 Å². The smallest absolute Gasteiger partial charge is 0.0950 e. The Morgan fingerprint density at radius 1 is 1.15 bits per heavy atom. The van der Waals surface area contributed by atoms with E-state index >= 15 is 0 Å². The second-order valence-electron chi connectivity index (χ2n) is 4.86. The van der Waals surface area contributed by atoms with E-state index in [0.717, 1.165) is 18.8 Å². The predicted molar refractivity (Wildman–Crippen MR) is 77.7 cm³/mol. The van der Waals surface area contributed by atoms with Gasteiger partial charge in [0.1, 0.15) is 0 Å². The van der Waals surface area contributed by atoms with Crippen LogP contribution in [-0.2, 0) is 27.3 Å². The first-order valence-electron chi connectivity index (χ1n) is 7.11. The summed E-state index contributed by atoms with van der Waals surface area (Å²) in [6, 6.07) is 0.474. The molecule has 0 unspecified atom stereocenters. The summed E-state index contributed by atoms with van der Waals surface area (Å²) in [5, 5.41) is 3.34. The van der Waals surface area contributed by atoms with Crippen molar-refractivity contribution in [1.82, 2.24) is 14.9 Å². The Balaban J connectivity index is 2.01. The minimum atomic E-state index is 0.474.